The molecule has 1 aliphatic heterocycles. The summed E-state index contributed by atoms with van der Waals surface area (Å²) >= 11 is 0. The summed E-state index contributed by atoms with van der Waals surface area (Å²) in [4.78, 5) is 4.50. The first-order chi connectivity index (χ1) is 9.26. The van der Waals surface area contributed by atoms with Gasteiger partial charge < -0.3 is 15.4 Å². The lowest BCUT2D eigenvalue weighted by Crippen LogP contribution is -2.23. The third-order valence-corrected chi connectivity index (χ3v) is 3.31. The van der Waals surface area contributed by atoms with Crippen LogP contribution in [0.25, 0.3) is 5.65 Å². The molecule has 1 fully saturated rings. The summed E-state index contributed by atoms with van der Waals surface area (Å²) in [5, 5.41) is 11.4. The second-order valence-corrected chi connectivity index (χ2v) is 4.96. The van der Waals surface area contributed by atoms with Crippen LogP contribution in [-0.2, 0) is 11.3 Å². The fraction of sp³-hybridized carbons (Fsp3) is 0.538. The largest absolute Gasteiger partial charge is 0.378 e. The zero-order valence-corrected chi connectivity index (χ0v) is 11.3. The number of aryl methyl sites for hydroxylation is 1. The average molecular weight is 261 g/mol. The van der Waals surface area contributed by atoms with Crippen LogP contribution < -0.4 is 10.6 Å². The van der Waals surface area contributed by atoms with E-state index < -0.39 is 0 Å². The zero-order valence-electron chi connectivity index (χ0n) is 11.3. The fourth-order valence-electron chi connectivity index (χ4n) is 2.46. The fourth-order valence-corrected chi connectivity index (χ4v) is 2.46. The van der Waals surface area contributed by atoms with Crippen LogP contribution in [0.3, 0.4) is 0 Å². The number of hydrogen-bond acceptors (Lipinski definition) is 5. The number of methoxy groups -OCH3 is 1. The standard InChI is InChI=1S/C13H19N5O/c1-9-5-12(16-10-3-4-14-7-10)18-13(15-9)6-11(17-18)8-19-2/h5-6,10,14,16H,3-4,7-8H2,1-2H3. The lowest BCUT2D eigenvalue weighted by Gasteiger charge is -2.14. The highest BCUT2D eigenvalue weighted by Gasteiger charge is 2.16. The van der Waals surface area contributed by atoms with Gasteiger partial charge in [0.1, 0.15) is 5.82 Å². The monoisotopic (exact) mass is 261 g/mol. The van der Waals surface area contributed by atoms with Gasteiger partial charge in [0.15, 0.2) is 5.65 Å². The van der Waals surface area contributed by atoms with E-state index in [1.165, 1.54) is 0 Å². The Kier molecular flexibility index (Phi) is 3.35. The molecular weight excluding hydrogens is 242 g/mol. The van der Waals surface area contributed by atoms with Gasteiger partial charge in [-0.2, -0.15) is 9.61 Å². The molecule has 3 rings (SSSR count). The Morgan fingerprint density at radius 1 is 1.53 bits per heavy atom. The van der Waals surface area contributed by atoms with Gasteiger partial charge in [0.2, 0.25) is 0 Å². The van der Waals surface area contributed by atoms with Gasteiger partial charge in [0.25, 0.3) is 0 Å². The first kappa shape index (κ1) is 12.4. The molecule has 6 heteroatoms. The molecule has 2 aromatic rings. The van der Waals surface area contributed by atoms with Crippen molar-refractivity contribution >= 4 is 11.5 Å². The minimum absolute atomic E-state index is 0.458. The Balaban J connectivity index is 1.96. The van der Waals surface area contributed by atoms with E-state index in [9.17, 15) is 0 Å². The lowest BCUT2D eigenvalue weighted by molar-refractivity contribution is 0.181. The maximum Gasteiger partial charge on any atom is 0.157 e. The van der Waals surface area contributed by atoms with Gasteiger partial charge in [-0.3, -0.25) is 0 Å². The summed E-state index contributed by atoms with van der Waals surface area (Å²) in [6.07, 6.45) is 1.13. The SMILES string of the molecule is COCc1cc2nc(C)cc(NC3CCNC3)n2n1. The minimum atomic E-state index is 0.458. The smallest absolute Gasteiger partial charge is 0.157 e. The molecule has 0 bridgehead atoms. The molecule has 1 unspecified atom stereocenters. The molecule has 0 amide bonds. The molecule has 1 saturated heterocycles. The van der Waals surface area contributed by atoms with Crippen molar-refractivity contribution in [2.75, 3.05) is 25.5 Å². The molecule has 3 heterocycles. The molecule has 0 radical (unpaired) electrons. The molecule has 6 nitrogen and oxygen atoms in total. The number of ether oxygens (including phenoxy) is 1. The maximum atomic E-state index is 5.13. The Morgan fingerprint density at radius 2 is 2.42 bits per heavy atom. The van der Waals surface area contributed by atoms with Crippen LogP contribution >= 0.6 is 0 Å². The Bertz CT molecular complexity index is 574. The van der Waals surface area contributed by atoms with Crippen molar-refractivity contribution in [3.8, 4) is 0 Å². The van der Waals surface area contributed by atoms with Gasteiger partial charge in [0, 0.05) is 37.5 Å². The van der Waals surface area contributed by atoms with Crippen LogP contribution in [0.5, 0.6) is 0 Å². The predicted octanol–water partition coefficient (Wildman–Crippen LogP) is 0.958. The van der Waals surface area contributed by atoms with Crippen molar-refractivity contribution in [3.63, 3.8) is 0 Å². The van der Waals surface area contributed by atoms with Crippen LogP contribution in [0.2, 0.25) is 0 Å². The molecule has 0 spiro atoms. The van der Waals surface area contributed by atoms with E-state index in [2.05, 4.69) is 20.7 Å². The van der Waals surface area contributed by atoms with E-state index in [1.54, 1.807) is 7.11 Å². The number of aromatic nitrogens is 3. The summed E-state index contributed by atoms with van der Waals surface area (Å²) in [5.41, 5.74) is 2.75. The highest BCUT2D eigenvalue weighted by Crippen LogP contribution is 2.16. The summed E-state index contributed by atoms with van der Waals surface area (Å²) in [6, 6.07) is 4.46. The molecule has 2 N–H and O–H groups in total. The molecular formula is C13H19N5O. The number of nitrogens with zero attached hydrogens (tertiary/aromatic N) is 3. The number of nitrogens with one attached hydrogen (secondary N) is 2. The topological polar surface area (TPSA) is 63.5 Å². The van der Waals surface area contributed by atoms with Gasteiger partial charge in [-0.05, 0) is 19.9 Å². The van der Waals surface area contributed by atoms with Crippen LogP contribution in [0.15, 0.2) is 12.1 Å². The van der Waals surface area contributed by atoms with E-state index in [0.717, 1.165) is 42.4 Å². The molecule has 102 valence electrons. The average Bonchev–Trinajstić information content (AvgIpc) is 2.98. The van der Waals surface area contributed by atoms with Crippen LogP contribution in [0.4, 0.5) is 5.82 Å². The maximum absolute atomic E-state index is 5.13. The first-order valence-electron chi connectivity index (χ1n) is 6.59. The molecule has 19 heavy (non-hydrogen) atoms. The number of rotatable bonds is 4. The zero-order chi connectivity index (χ0) is 13.2. The minimum Gasteiger partial charge on any atom is -0.378 e. The summed E-state index contributed by atoms with van der Waals surface area (Å²) in [7, 11) is 1.67. The van der Waals surface area contributed by atoms with E-state index in [-0.39, 0.29) is 0 Å². The van der Waals surface area contributed by atoms with Gasteiger partial charge >= 0.3 is 0 Å². The quantitative estimate of drug-likeness (QED) is 0.858. The highest BCUT2D eigenvalue weighted by atomic mass is 16.5. The van der Waals surface area contributed by atoms with Crippen molar-refractivity contribution < 1.29 is 4.74 Å². The Morgan fingerprint density at radius 3 is 3.16 bits per heavy atom. The molecule has 0 saturated carbocycles. The second-order valence-electron chi connectivity index (χ2n) is 4.96. The Hall–Kier alpha value is -1.66. The van der Waals surface area contributed by atoms with Gasteiger partial charge in [-0.1, -0.05) is 0 Å². The van der Waals surface area contributed by atoms with E-state index in [1.807, 2.05) is 23.6 Å². The molecule has 1 atom stereocenters. The number of hydrogen-bond donors (Lipinski definition) is 2. The first-order valence-corrected chi connectivity index (χ1v) is 6.59. The van der Waals surface area contributed by atoms with Crippen molar-refractivity contribution in [2.45, 2.75) is 26.0 Å². The van der Waals surface area contributed by atoms with Crippen molar-refractivity contribution in [1.29, 1.82) is 0 Å². The predicted molar refractivity (Wildman–Crippen MR) is 73.3 cm³/mol. The van der Waals surface area contributed by atoms with E-state index >= 15 is 0 Å². The third kappa shape index (κ3) is 2.54. The van der Waals surface area contributed by atoms with Crippen molar-refractivity contribution in [3.05, 3.63) is 23.5 Å². The lowest BCUT2D eigenvalue weighted by atomic mass is 10.2. The summed E-state index contributed by atoms with van der Waals surface area (Å²) in [6.45, 7) is 4.57. The van der Waals surface area contributed by atoms with Gasteiger partial charge in [-0.15, -0.1) is 0 Å². The number of fused-ring (bicyclic) bond motifs is 1. The third-order valence-electron chi connectivity index (χ3n) is 3.31. The second kappa shape index (κ2) is 5.14. The van der Waals surface area contributed by atoms with Crippen molar-refractivity contribution in [1.82, 2.24) is 19.9 Å². The molecule has 2 aromatic heterocycles. The number of anilines is 1. The van der Waals surface area contributed by atoms with Crippen molar-refractivity contribution in [2.24, 2.45) is 0 Å². The highest BCUT2D eigenvalue weighted by molar-refractivity contribution is 5.50. The molecule has 0 aromatic carbocycles. The normalized spacial score (nSPS) is 19.2. The molecule has 1 aliphatic rings. The summed E-state index contributed by atoms with van der Waals surface area (Å²) < 4.78 is 6.99. The van der Waals surface area contributed by atoms with Crippen LogP contribution in [-0.4, -0.2) is 40.8 Å². The van der Waals surface area contributed by atoms with Gasteiger partial charge in [0.05, 0.1) is 12.3 Å². The molecule has 0 aliphatic carbocycles. The van der Waals surface area contributed by atoms with E-state index in [0.29, 0.717) is 12.6 Å². The Labute approximate surface area is 112 Å². The summed E-state index contributed by atoms with van der Waals surface area (Å²) in [5.74, 6) is 0.999. The van der Waals surface area contributed by atoms with Gasteiger partial charge in [-0.25, -0.2) is 4.98 Å². The van der Waals surface area contributed by atoms with Crippen LogP contribution in [0.1, 0.15) is 17.8 Å². The van der Waals surface area contributed by atoms with Crippen LogP contribution in [0, 0.1) is 6.92 Å². The van der Waals surface area contributed by atoms with E-state index in [4.69, 9.17) is 4.74 Å².